The van der Waals surface area contributed by atoms with Crippen LogP contribution in [0.15, 0.2) is 78.9 Å². The summed E-state index contributed by atoms with van der Waals surface area (Å²) in [5.41, 5.74) is 3.88. The highest BCUT2D eigenvalue weighted by molar-refractivity contribution is 5.93. The predicted octanol–water partition coefficient (Wildman–Crippen LogP) is 4.07. The second-order valence-electron chi connectivity index (χ2n) is 9.09. The molecule has 3 aromatic rings. The molecule has 3 aromatic carbocycles. The second-order valence-corrected chi connectivity index (χ2v) is 9.09. The number of amides is 3. The number of aliphatic hydroxyl groups is 1. The molecule has 2 heterocycles. The monoisotopic (exact) mass is 483 g/mol. The topological polar surface area (TPSA) is 82.1 Å². The number of methoxy groups -OCH3 is 1. The second kappa shape index (κ2) is 10.3. The van der Waals surface area contributed by atoms with Crippen LogP contribution < -0.4 is 10.1 Å². The molecule has 3 atom stereocenters. The number of nitrogens with one attached hydrogen (secondary N) is 1. The summed E-state index contributed by atoms with van der Waals surface area (Å²) in [7, 11) is 1.59. The molecule has 0 radical (unpaired) electrons. The van der Waals surface area contributed by atoms with E-state index in [9.17, 15) is 14.7 Å². The van der Waals surface area contributed by atoms with Gasteiger partial charge in [0.25, 0.3) is 0 Å². The minimum atomic E-state index is -0.319. The Labute approximate surface area is 210 Å². The molecule has 0 bridgehead atoms. The van der Waals surface area contributed by atoms with Crippen molar-refractivity contribution in [1.82, 2.24) is 9.80 Å². The number of rotatable bonds is 6. The molecule has 0 spiro atoms. The Morgan fingerprint density at radius 3 is 2.31 bits per heavy atom. The summed E-state index contributed by atoms with van der Waals surface area (Å²) in [6.45, 7) is 0.288. The number of fused-ring (bicyclic) bond motifs is 1. The van der Waals surface area contributed by atoms with Crippen molar-refractivity contribution in [2.75, 3.05) is 32.1 Å². The van der Waals surface area contributed by atoms with Crippen LogP contribution in [0, 0.1) is 0 Å². The van der Waals surface area contributed by atoms with Gasteiger partial charge < -0.3 is 25.0 Å². The number of carbonyl (C=O) groups is 2. The van der Waals surface area contributed by atoms with Crippen LogP contribution in [0.25, 0.3) is 12.2 Å². The van der Waals surface area contributed by atoms with Gasteiger partial charge in [-0.1, -0.05) is 66.7 Å². The normalized spacial score (nSPS) is 21.2. The third-order valence-corrected chi connectivity index (χ3v) is 6.97. The first-order valence-corrected chi connectivity index (χ1v) is 12.0. The third-order valence-electron chi connectivity index (χ3n) is 6.97. The van der Waals surface area contributed by atoms with Gasteiger partial charge in [0.15, 0.2) is 0 Å². The molecule has 2 aliphatic heterocycles. The summed E-state index contributed by atoms with van der Waals surface area (Å²) in [4.78, 5) is 29.1. The molecule has 2 aliphatic rings. The highest BCUT2D eigenvalue weighted by Crippen LogP contribution is 2.43. The number of piperazine rings is 1. The number of urea groups is 1. The van der Waals surface area contributed by atoms with Gasteiger partial charge in [0, 0.05) is 18.2 Å². The van der Waals surface area contributed by atoms with Crippen LogP contribution in [-0.2, 0) is 4.79 Å². The standard InChI is InChI=1S/C29H29N3O4/c1-36-24-15-13-23(14-16-24)30-29(35)31-17-25-28(26(19-33)32(25)27(34)18-31)22-11-9-21(10-12-22)8-7-20-5-3-2-4-6-20/h2-16,25-26,28,33H,17-19H2,1H3,(H,30,35)/b8-7+/t25-,26-,28-/m1/s1. The van der Waals surface area contributed by atoms with E-state index in [-0.39, 0.29) is 43.1 Å². The summed E-state index contributed by atoms with van der Waals surface area (Å²) in [5, 5.41) is 12.9. The lowest BCUT2D eigenvalue weighted by molar-refractivity contribution is -0.159. The molecule has 2 N–H and O–H groups in total. The molecule has 7 heteroatoms. The minimum Gasteiger partial charge on any atom is -0.497 e. The average Bonchev–Trinajstić information content (AvgIpc) is 2.90. The average molecular weight is 484 g/mol. The van der Waals surface area contributed by atoms with Crippen LogP contribution in [0.4, 0.5) is 10.5 Å². The zero-order chi connectivity index (χ0) is 25.1. The summed E-state index contributed by atoms with van der Waals surface area (Å²) in [6, 6.07) is 24.6. The van der Waals surface area contributed by atoms with Crippen LogP contribution in [-0.4, -0.2) is 65.7 Å². The first-order chi connectivity index (χ1) is 17.6. The van der Waals surface area contributed by atoms with Crippen LogP contribution in [0.5, 0.6) is 5.75 Å². The zero-order valence-corrected chi connectivity index (χ0v) is 20.1. The summed E-state index contributed by atoms with van der Waals surface area (Å²) < 4.78 is 5.16. The van der Waals surface area contributed by atoms with E-state index in [0.717, 1.165) is 16.7 Å². The van der Waals surface area contributed by atoms with Gasteiger partial charge in [-0.2, -0.15) is 0 Å². The lowest BCUT2D eigenvalue weighted by atomic mass is 9.73. The van der Waals surface area contributed by atoms with Gasteiger partial charge in [-0.15, -0.1) is 0 Å². The number of hydrogen-bond acceptors (Lipinski definition) is 4. The Balaban J connectivity index is 1.28. The number of aliphatic hydroxyl groups excluding tert-OH is 1. The number of nitrogens with zero attached hydrogens (tertiary/aromatic N) is 2. The molecule has 0 unspecified atom stereocenters. The number of anilines is 1. The molecule has 36 heavy (non-hydrogen) atoms. The van der Waals surface area contributed by atoms with E-state index >= 15 is 0 Å². The molecular formula is C29H29N3O4. The molecule has 7 nitrogen and oxygen atoms in total. The molecule has 2 saturated heterocycles. The van der Waals surface area contributed by atoms with E-state index in [2.05, 4.69) is 41.7 Å². The van der Waals surface area contributed by atoms with Crippen molar-refractivity contribution < 1.29 is 19.4 Å². The number of ether oxygens (including phenoxy) is 1. The van der Waals surface area contributed by atoms with Crippen LogP contribution >= 0.6 is 0 Å². The summed E-state index contributed by atoms with van der Waals surface area (Å²) >= 11 is 0. The van der Waals surface area contributed by atoms with Crippen LogP contribution in [0.3, 0.4) is 0 Å². The maximum atomic E-state index is 12.9. The van der Waals surface area contributed by atoms with Gasteiger partial charge in [0.05, 0.1) is 25.8 Å². The van der Waals surface area contributed by atoms with E-state index in [1.807, 2.05) is 30.3 Å². The zero-order valence-electron chi connectivity index (χ0n) is 20.1. The first-order valence-electron chi connectivity index (χ1n) is 12.0. The fourth-order valence-corrected chi connectivity index (χ4v) is 5.12. The lowest BCUT2D eigenvalue weighted by Crippen LogP contribution is -2.73. The molecular weight excluding hydrogens is 454 g/mol. The van der Waals surface area contributed by atoms with Crippen LogP contribution in [0.1, 0.15) is 22.6 Å². The van der Waals surface area contributed by atoms with Gasteiger partial charge in [-0.05, 0) is 41.0 Å². The Hall–Kier alpha value is -4.10. The van der Waals surface area contributed by atoms with Gasteiger partial charge >= 0.3 is 6.03 Å². The molecule has 184 valence electrons. The minimum absolute atomic E-state index is 0.00900. The molecule has 0 aromatic heterocycles. The first kappa shape index (κ1) is 23.6. The van der Waals surface area contributed by atoms with E-state index in [1.54, 1.807) is 41.2 Å². The van der Waals surface area contributed by atoms with Crippen molar-refractivity contribution in [3.8, 4) is 5.75 Å². The summed E-state index contributed by atoms with van der Waals surface area (Å²) in [5.74, 6) is 0.516. The number of hydrogen-bond donors (Lipinski definition) is 2. The Morgan fingerprint density at radius 2 is 1.67 bits per heavy atom. The Kier molecular flexibility index (Phi) is 6.73. The van der Waals surface area contributed by atoms with Crippen molar-refractivity contribution >= 4 is 29.8 Å². The fraction of sp³-hybridized carbons (Fsp3) is 0.241. The van der Waals surface area contributed by atoms with Crippen molar-refractivity contribution in [1.29, 1.82) is 0 Å². The number of carbonyl (C=O) groups excluding carboxylic acids is 2. The van der Waals surface area contributed by atoms with Crippen molar-refractivity contribution in [2.45, 2.75) is 18.0 Å². The van der Waals surface area contributed by atoms with Crippen LogP contribution in [0.2, 0.25) is 0 Å². The highest BCUT2D eigenvalue weighted by Gasteiger charge is 2.54. The largest absolute Gasteiger partial charge is 0.497 e. The predicted molar refractivity (Wildman–Crippen MR) is 140 cm³/mol. The quantitative estimate of drug-likeness (QED) is 0.518. The van der Waals surface area contributed by atoms with Gasteiger partial charge in [-0.25, -0.2) is 4.79 Å². The van der Waals surface area contributed by atoms with E-state index in [0.29, 0.717) is 18.0 Å². The van der Waals surface area contributed by atoms with E-state index < -0.39 is 0 Å². The van der Waals surface area contributed by atoms with Crippen molar-refractivity contribution in [3.05, 3.63) is 95.6 Å². The highest BCUT2D eigenvalue weighted by atomic mass is 16.5. The molecule has 2 fully saturated rings. The SMILES string of the molecule is COc1ccc(NC(=O)N2CC(=O)N3[C@H](CO)[C@H](c4ccc(/C=C/c5ccccc5)cc4)[C@H]3C2)cc1. The summed E-state index contributed by atoms with van der Waals surface area (Å²) in [6.07, 6.45) is 4.13. The molecule has 0 saturated carbocycles. The van der Waals surface area contributed by atoms with Crippen molar-refractivity contribution in [2.24, 2.45) is 0 Å². The smallest absolute Gasteiger partial charge is 0.322 e. The lowest BCUT2D eigenvalue weighted by Gasteiger charge is -2.58. The van der Waals surface area contributed by atoms with Gasteiger partial charge in [-0.3, -0.25) is 4.79 Å². The van der Waals surface area contributed by atoms with Gasteiger partial charge in [0.2, 0.25) is 5.91 Å². The maximum Gasteiger partial charge on any atom is 0.322 e. The third kappa shape index (κ3) is 4.70. The number of benzene rings is 3. The van der Waals surface area contributed by atoms with Gasteiger partial charge in [0.1, 0.15) is 12.3 Å². The Morgan fingerprint density at radius 1 is 1.00 bits per heavy atom. The molecule has 5 rings (SSSR count). The van der Waals surface area contributed by atoms with E-state index in [1.165, 1.54) is 0 Å². The Bertz CT molecular complexity index is 1240. The van der Waals surface area contributed by atoms with Crippen molar-refractivity contribution in [3.63, 3.8) is 0 Å². The maximum absolute atomic E-state index is 12.9. The molecule has 0 aliphatic carbocycles. The molecule has 3 amide bonds. The fourth-order valence-electron chi connectivity index (χ4n) is 5.12. The van der Waals surface area contributed by atoms with E-state index in [4.69, 9.17) is 4.74 Å².